The molecule has 0 aliphatic carbocycles. The lowest BCUT2D eigenvalue weighted by Crippen LogP contribution is -2.33. The minimum atomic E-state index is -0.880. The van der Waals surface area contributed by atoms with Crippen molar-refractivity contribution in [3.63, 3.8) is 0 Å². The molecule has 0 amide bonds. The minimum Gasteiger partial charge on any atom is -0.481 e. The van der Waals surface area contributed by atoms with Crippen molar-refractivity contribution >= 4 is 11.9 Å². The van der Waals surface area contributed by atoms with E-state index in [9.17, 15) is 9.59 Å². The van der Waals surface area contributed by atoms with Crippen LogP contribution in [-0.4, -0.2) is 23.1 Å². The van der Waals surface area contributed by atoms with Crippen LogP contribution in [0.3, 0.4) is 0 Å². The van der Waals surface area contributed by atoms with Crippen molar-refractivity contribution in [1.29, 1.82) is 0 Å². The monoisotopic (exact) mass is 202 g/mol. The maximum Gasteiger partial charge on any atom is 0.305 e. The van der Waals surface area contributed by atoms with Gasteiger partial charge in [-0.05, 0) is 6.92 Å². The number of carboxylic acids is 1. The summed E-state index contributed by atoms with van der Waals surface area (Å²) in [5.41, 5.74) is -0.531. The molecule has 0 aliphatic rings. The van der Waals surface area contributed by atoms with Crippen LogP contribution >= 0.6 is 0 Å². The van der Waals surface area contributed by atoms with Crippen molar-refractivity contribution in [1.82, 2.24) is 0 Å². The third-order valence-corrected chi connectivity index (χ3v) is 2.30. The van der Waals surface area contributed by atoms with Crippen LogP contribution in [0.15, 0.2) is 0 Å². The number of rotatable bonds is 5. The lowest BCUT2D eigenvalue weighted by atomic mass is 9.84. The van der Waals surface area contributed by atoms with E-state index in [1.54, 1.807) is 27.7 Å². The molecule has 4 heteroatoms. The fraction of sp³-hybridized carbons (Fsp3) is 0.800. The van der Waals surface area contributed by atoms with Gasteiger partial charge in [-0.2, -0.15) is 0 Å². The molecule has 0 bridgehead atoms. The van der Waals surface area contributed by atoms with Crippen LogP contribution in [0, 0.1) is 5.41 Å². The lowest BCUT2D eigenvalue weighted by molar-refractivity contribution is -0.157. The average molecular weight is 202 g/mol. The van der Waals surface area contributed by atoms with Gasteiger partial charge in [-0.1, -0.05) is 20.8 Å². The number of carbonyl (C=O) groups is 2. The summed E-state index contributed by atoms with van der Waals surface area (Å²) in [4.78, 5) is 21.5. The zero-order valence-electron chi connectivity index (χ0n) is 9.16. The number of hydrogen-bond donors (Lipinski definition) is 1. The van der Waals surface area contributed by atoms with E-state index < -0.39 is 11.4 Å². The molecule has 4 nitrogen and oxygen atoms in total. The molecule has 0 unspecified atom stereocenters. The van der Waals surface area contributed by atoms with Gasteiger partial charge < -0.3 is 9.84 Å². The Labute approximate surface area is 84.3 Å². The highest BCUT2D eigenvalue weighted by atomic mass is 16.5. The summed E-state index contributed by atoms with van der Waals surface area (Å²) in [5, 5.41) is 8.65. The molecular weight excluding hydrogens is 184 g/mol. The van der Waals surface area contributed by atoms with E-state index in [1.807, 2.05) is 0 Å². The number of esters is 1. The number of hydrogen-bond acceptors (Lipinski definition) is 3. The molecule has 1 atom stereocenters. The normalized spacial score (nSPS) is 13.4. The molecule has 1 N–H and O–H groups in total. The van der Waals surface area contributed by atoms with E-state index >= 15 is 0 Å². The standard InChI is InChI=1S/C10H18O4/c1-5-9(13)14-7(2)10(3,4)6-8(11)12/h7H,5-6H2,1-4H3,(H,11,12)/t7-/m0/s1. The SMILES string of the molecule is CCC(=O)O[C@@H](C)C(C)(C)CC(=O)O. The summed E-state index contributed by atoms with van der Waals surface area (Å²) >= 11 is 0. The highest BCUT2D eigenvalue weighted by Crippen LogP contribution is 2.27. The minimum absolute atomic E-state index is 0.00877. The molecule has 0 fully saturated rings. The molecule has 0 aromatic heterocycles. The molecule has 0 saturated carbocycles. The molecular formula is C10H18O4. The van der Waals surface area contributed by atoms with Gasteiger partial charge in [0.15, 0.2) is 0 Å². The predicted molar refractivity (Wildman–Crippen MR) is 51.9 cm³/mol. The second-order valence-corrected chi connectivity index (χ2v) is 4.04. The number of ether oxygens (including phenoxy) is 1. The Morgan fingerprint density at radius 2 is 1.93 bits per heavy atom. The van der Waals surface area contributed by atoms with Gasteiger partial charge >= 0.3 is 11.9 Å². The van der Waals surface area contributed by atoms with Crippen LogP contribution in [0.1, 0.15) is 40.5 Å². The van der Waals surface area contributed by atoms with Crippen molar-refractivity contribution in [2.24, 2.45) is 5.41 Å². The summed E-state index contributed by atoms with van der Waals surface area (Å²) in [7, 11) is 0. The van der Waals surface area contributed by atoms with Crippen molar-refractivity contribution < 1.29 is 19.4 Å². The second-order valence-electron chi connectivity index (χ2n) is 4.04. The molecule has 0 rings (SSSR count). The first kappa shape index (κ1) is 12.9. The molecule has 0 aromatic rings. The summed E-state index contributed by atoms with van der Waals surface area (Å²) < 4.78 is 5.06. The Hall–Kier alpha value is -1.06. The molecule has 0 heterocycles. The maximum atomic E-state index is 11.0. The first-order chi connectivity index (χ1) is 6.29. The molecule has 14 heavy (non-hydrogen) atoms. The number of aliphatic carboxylic acids is 1. The Morgan fingerprint density at radius 1 is 1.43 bits per heavy atom. The quantitative estimate of drug-likeness (QED) is 0.691. The summed E-state index contributed by atoms with van der Waals surface area (Å²) in [6.07, 6.45) is -0.0791. The fourth-order valence-corrected chi connectivity index (χ4v) is 0.974. The molecule has 0 radical (unpaired) electrons. The van der Waals surface area contributed by atoms with Gasteiger partial charge in [0.25, 0.3) is 0 Å². The van der Waals surface area contributed by atoms with Gasteiger partial charge in [0.2, 0.25) is 0 Å². The van der Waals surface area contributed by atoms with E-state index in [1.165, 1.54) is 0 Å². The topological polar surface area (TPSA) is 63.6 Å². The van der Waals surface area contributed by atoms with Gasteiger partial charge in [0.1, 0.15) is 6.10 Å². The van der Waals surface area contributed by atoms with Crippen molar-refractivity contribution in [3.8, 4) is 0 Å². The average Bonchev–Trinajstić information content (AvgIpc) is 2.01. The molecule has 0 saturated heterocycles. The van der Waals surface area contributed by atoms with E-state index in [0.717, 1.165) is 0 Å². The van der Waals surface area contributed by atoms with Crippen molar-refractivity contribution in [2.45, 2.75) is 46.6 Å². The molecule has 0 aromatic carbocycles. The molecule has 82 valence electrons. The van der Waals surface area contributed by atoms with Crippen molar-refractivity contribution in [2.75, 3.05) is 0 Å². The zero-order valence-corrected chi connectivity index (χ0v) is 9.16. The van der Waals surface area contributed by atoms with Gasteiger partial charge in [-0.3, -0.25) is 9.59 Å². The Balaban J connectivity index is 4.27. The number of carboxylic acid groups (broad SMARTS) is 1. The van der Waals surface area contributed by atoms with Gasteiger partial charge in [0.05, 0.1) is 6.42 Å². The van der Waals surface area contributed by atoms with Gasteiger partial charge in [0, 0.05) is 11.8 Å². The third-order valence-electron chi connectivity index (χ3n) is 2.30. The van der Waals surface area contributed by atoms with E-state index in [4.69, 9.17) is 9.84 Å². The molecule has 0 spiro atoms. The first-order valence-electron chi connectivity index (χ1n) is 4.71. The van der Waals surface area contributed by atoms with Crippen LogP contribution in [0.25, 0.3) is 0 Å². The summed E-state index contributed by atoms with van der Waals surface area (Å²) in [5.74, 6) is -1.18. The Morgan fingerprint density at radius 3 is 2.29 bits per heavy atom. The van der Waals surface area contributed by atoms with Crippen LogP contribution in [-0.2, 0) is 14.3 Å². The fourth-order valence-electron chi connectivity index (χ4n) is 0.974. The van der Waals surface area contributed by atoms with E-state index in [-0.39, 0.29) is 18.5 Å². The summed E-state index contributed by atoms with van der Waals surface area (Å²) in [6, 6.07) is 0. The van der Waals surface area contributed by atoms with Crippen LogP contribution < -0.4 is 0 Å². The number of carbonyl (C=O) groups excluding carboxylic acids is 1. The Kier molecular flexibility index (Phi) is 4.60. The second kappa shape index (κ2) is 4.98. The molecule has 0 aliphatic heterocycles. The van der Waals surface area contributed by atoms with Crippen LogP contribution in [0.4, 0.5) is 0 Å². The third kappa shape index (κ3) is 4.25. The zero-order chi connectivity index (χ0) is 11.4. The lowest BCUT2D eigenvalue weighted by Gasteiger charge is -2.29. The van der Waals surface area contributed by atoms with Gasteiger partial charge in [-0.15, -0.1) is 0 Å². The highest BCUT2D eigenvalue weighted by molar-refractivity contribution is 5.70. The Bertz CT molecular complexity index is 220. The van der Waals surface area contributed by atoms with Crippen LogP contribution in [0.5, 0.6) is 0 Å². The summed E-state index contributed by atoms with van der Waals surface area (Å²) in [6.45, 7) is 6.97. The first-order valence-corrected chi connectivity index (χ1v) is 4.71. The largest absolute Gasteiger partial charge is 0.481 e. The smallest absolute Gasteiger partial charge is 0.305 e. The van der Waals surface area contributed by atoms with E-state index in [2.05, 4.69) is 0 Å². The van der Waals surface area contributed by atoms with Crippen molar-refractivity contribution in [3.05, 3.63) is 0 Å². The van der Waals surface area contributed by atoms with E-state index in [0.29, 0.717) is 6.42 Å². The maximum absolute atomic E-state index is 11.0. The highest BCUT2D eigenvalue weighted by Gasteiger charge is 2.31. The van der Waals surface area contributed by atoms with Gasteiger partial charge in [-0.25, -0.2) is 0 Å². The predicted octanol–water partition coefficient (Wildman–Crippen LogP) is 1.83. The van der Waals surface area contributed by atoms with Crippen LogP contribution in [0.2, 0.25) is 0 Å².